The van der Waals surface area contributed by atoms with E-state index in [9.17, 15) is 14.0 Å². The number of rotatable bonds is 7. The van der Waals surface area contributed by atoms with Gasteiger partial charge in [0, 0.05) is 6.54 Å². The van der Waals surface area contributed by atoms with Gasteiger partial charge < -0.3 is 18.8 Å². The van der Waals surface area contributed by atoms with Crippen LogP contribution in [0.15, 0.2) is 63.8 Å². The highest BCUT2D eigenvalue weighted by atomic mass is 19.1. The first-order valence-corrected chi connectivity index (χ1v) is 12.6. The zero-order valence-corrected chi connectivity index (χ0v) is 22.1. The summed E-state index contributed by atoms with van der Waals surface area (Å²) in [6.07, 6.45) is 0. The molecule has 0 fully saturated rings. The SMILES string of the molecule is COc1cc(C2c3c(oc4cc(C)c(C)cc4c3=O)C(=O)N2Cc2ccc(F)cc2)ccc1OCC(C)C. The molecule has 7 heteroatoms. The molecule has 0 N–H and O–H groups in total. The third-order valence-corrected chi connectivity index (χ3v) is 6.92. The first kappa shape index (κ1) is 25.5. The highest BCUT2D eigenvalue weighted by Gasteiger charge is 2.43. The van der Waals surface area contributed by atoms with Gasteiger partial charge in [0.15, 0.2) is 16.9 Å². The maximum atomic E-state index is 13.9. The molecule has 0 saturated carbocycles. The van der Waals surface area contributed by atoms with Crippen molar-refractivity contribution in [2.24, 2.45) is 5.92 Å². The molecule has 1 aromatic heterocycles. The van der Waals surface area contributed by atoms with Crippen LogP contribution in [-0.4, -0.2) is 24.5 Å². The molecular formula is C31H30FNO5. The Morgan fingerprint density at radius 1 is 0.974 bits per heavy atom. The first-order valence-electron chi connectivity index (χ1n) is 12.6. The lowest BCUT2D eigenvalue weighted by molar-refractivity contribution is 0.0714. The lowest BCUT2D eigenvalue weighted by Crippen LogP contribution is -2.29. The molecule has 0 radical (unpaired) electrons. The van der Waals surface area contributed by atoms with Crippen LogP contribution in [0.3, 0.4) is 0 Å². The summed E-state index contributed by atoms with van der Waals surface area (Å²) in [5, 5.41) is 0.428. The summed E-state index contributed by atoms with van der Waals surface area (Å²) >= 11 is 0. The summed E-state index contributed by atoms with van der Waals surface area (Å²) in [7, 11) is 1.55. The lowest BCUT2D eigenvalue weighted by Gasteiger charge is -2.26. The van der Waals surface area contributed by atoms with Crippen LogP contribution in [0, 0.1) is 25.6 Å². The van der Waals surface area contributed by atoms with E-state index in [-0.39, 0.29) is 29.1 Å². The quantitative estimate of drug-likeness (QED) is 0.287. The van der Waals surface area contributed by atoms with E-state index in [1.165, 1.54) is 12.1 Å². The molecule has 38 heavy (non-hydrogen) atoms. The molecule has 0 aliphatic carbocycles. The third kappa shape index (κ3) is 4.53. The number of nitrogens with zero attached hydrogens (tertiary/aromatic N) is 1. The van der Waals surface area contributed by atoms with Crippen LogP contribution in [0.5, 0.6) is 11.5 Å². The van der Waals surface area contributed by atoms with E-state index in [1.54, 1.807) is 42.3 Å². The van der Waals surface area contributed by atoms with Gasteiger partial charge in [0.1, 0.15) is 11.4 Å². The van der Waals surface area contributed by atoms with E-state index in [0.29, 0.717) is 40.6 Å². The van der Waals surface area contributed by atoms with E-state index in [1.807, 2.05) is 26.0 Å². The second kappa shape index (κ2) is 9.97. The zero-order valence-electron chi connectivity index (χ0n) is 22.1. The van der Waals surface area contributed by atoms with Gasteiger partial charge in [-0.25, -0.2) is 4.39 Å². The zero-order chi connectivity index (χ0) is 27.1. The molecule has 196 valence electrons. The van der Waals surface area contributed by atoms with Gasteiger partial charge in [-0.2, -0.15) is 0 Å². The number of halogens is 1. The Balaban J connectivity index is 1.68. The number of hydrogen-bond donors (Lipinski definition) is 0. The molecule has 1 amide bonds. The molecule has 0 bridgehead atoms. The fourth-order valence-electron chi connectivity index (χ4n) is 4.80. The van der Waals surface area contributed by atoms with Gasteiger partial charge >= 0.3 is 0 Å². The maximum Gasteiger partial charge on any atom is 0.291 e. The molecule has 3 aromatic carbocycles. The number of amides is 1. The third-order valence-electron chi connectivity index (χ3n) is 6.92. The van der Waals surface area contributed by atoms with Gasteiger partial charge in [0.2, 0.25) is 5.76 Å². The Morgan fingerprint density at radius 3 is 2.37 bits per heavy atom. The topological polar surface area (TPSA) is 69.0 Å². The van der Waals surface area contributed by atoms with Crippen molar-refractivity contribution < 1.29 is 23.1 Å². The largest absolute Gasteiger partial charge is 0.493 e. The molecule has 4 aromatic rings. The van der Waals surface area contributed by atoms with Crippen molar-refractivity contribution in [2.45, 2.75) is 40.3 Å². The van der Waals surface area contributed by atoms with Crippen molar-refractivity contribution in [3.63, 3.8) is 0 Å². The summed E-state index contributed by atoms with van der Waals surface area (Å²) in [5.41, 5.74) is 3.75. The minimum Gasteiger partial charge on any atom is -0.493 e. The number of hydrogen-bond acceptors (Lipinski definition) is 5. The van der Waals surface area contributed by atoms with Crippen molar-refractivity contribution in [2.75, 3.05) is 13.7 Å². The van der Waals surface area contributed by atoms with E-state index >= 15 is 0 Å². The van der Waals surface area contributed by atoms with Crippen molar-refractivity contribution in [3.05, 3.63) is 104 Å². The monoisotopic (exact) mass is 515 g/mol. The predicted octanol–water partition coefficient (Wildman–Crippen LogP) is 6.34. The highest BCUT2D eigenvalue weighted by molar-refractivity contribution is 5.99. The summed E-state index contributed by atoms with van der Waals surface area (Å²) in [4.78, 5) is 29.3. The van der Waals surface area contributed by atoms with Crippen LogP contribution < -0.4 is 14.9 Å². The van der Waals surface area contributed by atoms with Crippen molar-refractivity contribution in [3.8, 4) is 11.5 Å². The van der Waals surface area contributed by atoms with Crippen molar-refractivity contribution in [1.29, 1.82) is 0 Å². The fourth-order valence-corrected chi connectivity index (χ4v) is 4.80. The standard InChI is InChI=1S/C31H30FNO5/c1-17(2)16-37-24-11-8-21(14-26(24)36-5)28-27-29(34)23-12-18(3)19(4)13-25(23)38-30(27)31(35)33(28)15-20-6-9-22(32)10-7-20/h6-14,17,28H,15-16H2,1-5H3. The van der Waals surface area contributed by atoms with E-state index in [4.69, 9.17) is 13.9 Å². The summed E-state index contributed by atoms with van der Waals surface area (Å²) < 4.78 is 31.2. The number of ether oxygens (including phenoxy) is 2. The average Bonchev–Trinajstić information content (AvgIpc) is 3.16. The lowest BCUT2D eigenvalue weighted by atomic mass is 9.97. The molecule has 1 unspecified atom stereocenters. The molecule has 2 heterocycles. The average molecular weight is 516 g/mol. The Bertz CT molecular complexity index is 1590. The second-order valence-electron chi connectivity index (χ2n) is 10.2. The number of benzene rings is 3. The first-order chi connectivity index (χ1) is 18.2. The Morgan fingerprint density at radius 2 is 1.68 bits per heavy atom. The molecule has 1 aliphatic rings. The molecule has 5 rings (SSSR count). The number of fused-ring (bicyclic) bond motifs is 2. The van der Waals surface area contributed by atoms with Gasteiger partial charge in [-0.1, -0.05) is 32.0 Å². The predicted molar refractivity (Wildman–Crippen MR) is 143 cm³/mol. The summed E-state index contributed by atoms with van der Waals surface area (Å²) in [6, 6.07) is 14.3. The number of methoxy groups -OCH3 is 1. The maximum absolute atomic E-state index is 13.9. The normalized spacial score (nSPS) is 14.9. The smallest absolute Gasteiger partial charge is 0.291 e. The molecule has 1 atom stereocenters. The fraction of sp³-hybridized carbons (Fsp3) is 0.290. The van der Waals surface area contributed by atoms with Gasteiger partial charge in [-0.05, 0) is 78.4 Å². The van der Waals surface area contributed by atoms with Gasteiger partial charge in [-0.15, -0.1) is 0 Å². The number of carbonyl (C=O) groups excluding carboxylic acids is 1. The summed E-state index contributed by atoms with van der Waals surface area (Å²) in [6.45, 7) is 8.67. The van der Waals surface area contributed by atoms with Crippen LogP contribution in [0.1, 0.15) is 58.3 Å². The van der Waals surface area contributed by atoms with Crippen LogP contribution in [0.25, 0.3) is 11.0 Å². The van der Waals surface area contributed by atoms with Crippen molar-refractivity contribution in [1.82, 2.24) is 4.90 Å². The highest BCUT2D eigenvalue weighted by Crippen LogP contribution is 2.42. The van der Waals surface area contributed by atoms with E-state index in [0.717, 1.165) is 16.7 Å². The van der Waals surface area contributed by atoms with Crippen LogP contribution in [0.4, 0.5) is 4.39 Å². The van der Waals surface area contributed by atoms with E-state index < -0.39 is 11.9 Å². The molecule has 1 aliphatic heterocycles. The second-order valence-corrected chi connectivity index (χ2v) is 10.2. The molecular weight excluding hydrogens is 485 g/mol. The minimum atomic E-state index is -0.724. The van der Waals surface area contributed by atoms with Gasteiger partial charge in [0.05, 0.1) is 30.7 Å². The van der Waals surface area contributed by atoms with Gasteiger partial charge in [-0.3, -0.25) is 9.59 Å². The minimum absolute atomic E-state index is 0.0250. The Hall–Kier alpha value is -4.13. The number of carbonyl (C=O) groups is 1. The molecule has 0 spiro atoms. The van der Waals surface area contributed by atoms with Crippen LogP contribution >= 0.6 is 0 Å². The van der Waals surface area contributed by atoms with Crippen LogP contribution in [0.2, 0.25) is 0 Å². The molecule has 6 nitrogen and oxygen atoms in total. The number of aryl methyl sites for hydroxylation is 2. The van der Waals surface area contributed by atoms with E-state index in [2.05, 4.69) is 13.8 Å². The van der Waals surface area contributed by atoms with Crippen molar-refractivity contribution >= 4 is 16.9 Å². The molecule has 0 saturated heterocycles. The van der Waals surface area contributed by atoms with Gasteiger partial charge in [0.25, 0.3) is 5.91 Å². The summed E-state index contributed by atoms with van der Waals surface area (Å²) in [5.74, 6) is 0.674. The Labute approximate surface area is 220 Å². The Kier molecular flexibility index (Phi) is 6.69. The van der Waals surface area contributed by atoms with Crippen LogP contribution in [-0.2, 0) is 6.54 Å².